The highest BCUT2D eigenvalue weighted by Gasteiger charge is 2.18. The van der Waals surface area contributed by atoms with Gasteiger partial charge in [-0.2, -0.15) is 4.39 Å². The minimum absolute atomic E-state index is 0.288. The molecule has 3 rings (SSSR count). The average molecular weight is 220 g/mol. The maximum Gasteiger partial charge on any atom is 0.200 e. The van der Waals surface area contributed by atoms with Gasteiger partial charge in [0.15, 0.2) is 5.65 Å². The Kier molecular flexibility index (Phi) is 2.32. The molecule has 1 fully saturated rings. The summed E-state index contributed by atoms with van der Waals surface area (Å²) in [5.41, 5.74) is 0.584. The zero-order valence-electron chi connectivity index (χ0n) is 8.86. The van der Waals surface area contributed by atoms with Crippen LogP contribution in [0.3, 0.4) is 0 Å². The predicted octanol–water partition coefficient (Wildman–Crippen LogP) is 1.02. The highest BCUT2D eigenvalue weighted by molar-refractivity contribution is 5.37. The first kappa shape index (κ1) is 9.72. The number of nitrogens with zero attached hydrogens (tertiary/aromatic N) is 3. The minimum Gasteiger partial charge on any atom is -0.316 e. The quantitative estimate of drug-likeness (QED) is 0.768. The van der Waals surface area contributed by atoms with Crippen molar-refractivity contribution in [2.24, 2.45) is 5.92 Å². The zero-order chi connectivity index (χ0) is 11.0. The second-order valence-electron chi connectivity index (χ2n) is 4.22. The van der Waals surface area contributed by atoms with Crippen molar-refractivity contribution in [3.05, 3.63) is 30.0 Å². The maximum absolute atomic E-state index is 13.6. The lowest BCUT2D eigenvalue weighted by Crippen LogP contribution is -2.12. The molecule has 2 aromatic heterocycles. The van der Waals surface area contributed by atoms with Crippen LogP contribution in [0.25, 0.3) is 5.65 Å². The summed E-state index contributed by atoms with van der Waals surface area (Å²) in [6.45, 7) is 2.03. The molecule has 1 atom stereocenters. The van der Waals surface area contributed by atoms with E-state index in [0.29, 0.717) is 11.6 Å². The molecule has 0 aromatic carbocycles. The first-order valence-electron chi connectivity index (χ1n) is 5.54. The van der Waals surface area contributed by atoms with E-state index in [2.05, 4.69) is 15.5 Å². The summed E-state index contributed by atoms with van der Waals surface area (Å²) in [4.78, 5) is 0. The Morgan fingerprint density at radius 2 is 2.38 bits per heavy atom. The average Bonchev–Trinajstić information content (AvgIpc) is 2.90. The van der Waals surface area contributed by atoms with Crippen molar-refractivity contribution in [3.63, 3.8) is 0 Å². The number of hydrogen-bond acceptors (Lipinski definition) is 3. The predicted molar refractivity (Wildman–Crippen MR) is 57.6 cm³/mol. The molecule has 1 N–H and O–H groups in total. The summed E-state index contributed by atoms with van der Waals surface area (Å²) in [6, 6.07) is 4.86. The van der Waals surface area contributed by atoms with Crippen LogP contribution < -0.4 is 5.32 Å². The SMILES string of the molecule is Fc1cccc2nnc(CC3CCNC3)n12. The molecule has 2 aromatic rings. The van der Waals surface area contributed by atoms with Gasteiger partial charge in [0.1, 0.15) is 5.82 Å². The van der Waals surface area contributed by atoms with Gasteiger partial charge in [-0.25, -0.2) is 0 Å². The summed E-state index contributed by atoms with van der Waals surface area (Å²) in [7, 11) is 0. The second-order valence-corrected chi connectivity index (χ2v) is 4.22. The van der Waals surface area contributed by atoms with Gasteiger partial charge in [-0.1, -0.05) is 6.07 Å². The topological polar surface area (TPSA) is 42.2 Å². The molecule has 4 nitrogen and oxygen atoms in total. The number of hydrogen-bond donors (Lipinski definition) is 1. The third-order valence-corrected chi connectivity index (χ3v) is 3.08. The second kappa shape index (κ2) is 3.83. The number of aromatic nitrogens is 3. The third-order valence-electron chi connectivity index (χ3n) is 3.08. The van der Waals surface area contributed by atoms with E-state index in [4.69, 9.17) is 0 Å². The van der Waals surface area contributed by atoms with Gasteiger partial charge in [0, 0.05) is 6.42 Å². The van der Waals surface area contributed by atoms with Gasteiger partial charge in [0.2, 0.25) is 5.95 Å². The Hall–Kier alpha value is -1.49. The van der Waals surface area contributed by atoms with E-state index >= 15 is 0 Å². The number of halogens is 1. The summed E-state index contributed by atoms with van der Waals surface area (Å²) in [5.74, 6) is 0.984. The third kappa shape index (κ3) is 1.57. The Balaban J connectivity index is 1.97. The Labute approximate surface area is 92.5 Å². The first-order valence-corrected chi connectivity index (χ1v) is 5.54. The van der Waals surface area contributed by atoms with Crippen LogP contribution in [0.4, 0.5) is 4.39 Å². The molecule has 0 spiro atoms. The van der Waals surface area contributed by atoms with E-state index in [1.54, 1.807) is 12.1 Å². The van der Waals surface area contributed by atoms with Crippen LogP contribution in [0, 0.1) is 11.9 Å². The van der Waals surface area contributed by atoms with E-state index in [0.717, 1.165) is 31.8 Å². The van der Waals surface area contributed by atoms with Crippen LogP contribution in [-0.2, 0) is 6.42 Å². The van der Waals surface area contributed by atoms with Crippen molar-refractivity contribution in [1.29, 1.82) is 0 Å². The standard InChI is InChI=1S/C11H13FN4/c12-9-2-1-3-10-14-15-11(16(9)10)6-8-4-5-13-7-8/h1-3,8,13H,4-7H2. The molecule has 0 aliphatic carbocycles. The van der Waals surface area contributed by atoms with Gasteiger partial charge in [-0.15, -0.1) is 10.2 Å². The lowest BCUT2D eigenvalue weighted by molar-refractivity contribution is 0.523. The highest BCUT2D eigenvalue weighted by Crippen LogP contribution is 2.15. The normalized spacial score (nSPS) is 20.7. The fourth-order valence-electron chi connectivity index (χ4n) is 2.24. The molecule has 3 heterocycles. The van der Waals surface area contributed by atoms with E-state index in [1.807, 2.05) is 0 Å². The van der Waals surface area contributed by atoms with Gasteiger partial charge in [-0.3, -0.25) is 4.40 Å². The Morgan fingerprint density at radius 1 is 1.44 bits per heavy atom. The van der Waals surface area contributed by atoms with Gasteiger partial charge in [0.05, 0.1) is 0 Å². The minimum atomic E-state index is -0.288. The van der Waals surface area contributed by atoms with E-state index < -0.39 is 0 Å². The fraction of sp³-hybridized carbons (Fsp3) is 0.455. The van der Waals surface area contributed by atoms with E-state index in [9.17, 15) is 4.39 Å². The number of nitrogens with one attached hydrogen (secondary N) is 1. The first-order chi connectivity index (χ1) is 7.84. The zero-order valence-corrected chi connectivity index (χ0v) is 8.86. The molecule has 1 aliphatic heterocycles. The molecule has 1 unspecified atom stereocenters. The number of rotatable bonds is 2. The molecular formula is C11H13FN4. The van der Waals surface area contributed by atoms with Crippen LogP contribution >= 0.6 is 0 Å². The molecule has 0 amide bonds. The summed E-state index contributed by atoms with van der Waals surface area (Å²) in [6.07, 6.45) is 1.92. The largest absolute Gasteiger partial charge is 0.316 e. The Morgan fingerprint density at radius 3 is 3.19 bits per heavy atom. The van der Waals surface area contributed by atoms with Gasteiger partial charge in [0.25, 0.3) is 0 Å². The van der Waals surface area contributed by atoms with Crippen LogP contribution in [0.1, 0.15) is 12.2 Å². The van der Waals surface area contributed by atoms with Gasteiger partial charge >= 0.3 is 0 Å². The van der Waals surface area contributed by atoms with Crippen molar-refractivity contribution in [2.45, 2.75) is 12.8 Å². The van der Waals surface area contributed by atoms with Crippen molar-refractivity contribution in [3.8, 4) is 0 Å². The molecule has 1 saturated heterocycles. The molecule has 0 bridgehead atoms. The van der Waals surface area contributed by atoms with Gasteiger partial charge < -0.3 is 5.32 Å². The summed E-state index contributed by atoms with van der Waals surface area (Å²) >= 11 is 0. The van der Waals surface area contributed by atoms with Crippen molar-refractivity contribution < 1.29 is 4.39 Å². The lowest BCUT2D eigenvalue weighted by Gasteiger charge is -2.06. The van der Waals surface area contributed by atoms with Crippen molar-refractivity contribution >= 4 is 5.65 Å². The fourth-order valence-corrected chi connectivity index (χ4v) is 2.24. The molecular weight excluding hydrogens is 207 g/mol. The van der Waals surface area contributed by atoms with Crippen molar-refractivity contribution in [1.82, 2.24) is 19.9 Å². The lowest BCUT2D eigenvalue weighted by atomic mass is 10.1. The highest BCUT2D eigenvalue weighted by atomic mass is 19.1. The van der Waals surface area contributed by atoms with Crippen molar-refractivity contribution in [2.75, 3.05) is 13.1 Å². The van der Waals surface area contributed by atoms with Gasteiger partial charge in [-0.05, 0) is 37.6 Å². The Bertz CT molecular complexity index is 502. The molecule has 1 aliphatic rings. The molecule has 0 radical (unpaired) electrons. The van der Waals surface area contributed by atoms with Crippen LogP contribution in [0.15, 0.2) is 18.2 Å². The summed E-state index contributed by atoms with van der Waals surface area (Å²) < 4.78 is 15.1. The van der Waals surface area contributed by atoms with Crippen LogP contribution in [-0.4, -0.2) is 27.7 Å². The smallest absolute Gasteiger partial charge is 0.200 e. The molecule has 84 valence electrons. The molecule has 0 saturated carbocycles. The molecule has 5 heteroatoms. The molecule has 16 heavy (non-hydrogen) atoms. The number of pyridine rings is 1. The van der Waals surface area contributed by atoms with Crippen LogP contribution in [0.2, 0.25) is 0 Å². The van der Waals surface area contributed by atoms with Crippen LogP contribution in [0.5, 0.6) is 0 Å². The van der Waals surface area contributed by atoms with E-state index in [-0.39, 0.29) is 5.95 Å². The van der Waals surface area contributed by atoms with E-state index in [1.165, 1.54) is 10.5 Å². The monoisotopic (exact) mass is 220 g/mol. The maximum atomic E-state index is 13.6. The number of fused-ring (bicyclic) bond motifs is 1. The summed E-state index contributed by atoms with van der Waals surface area (Å²) in [5, 5.41) is 11.3.